The third-order valence-electron chi connectivity index (χ3n) is 5.76. The van der Waals surface area contributed by atoms with Gasteiger partial charge in [0.1, 0.15) is 0 Å². The third-order valence-corrected chi connectivity index (χ3v) is 5.76. The van der Waals surface area contributed by atoms with Crippen molar-refractivity contribution >= 4 is 18.3 Å². The SMILES string of the molecule is CNCC(C)C(=O)NCC12CC3CC(CC(C3)C1)C2.Cl. The molecule has 20 heavy (non-hydrogen) atoms. The van der Waals surface area contributed by atoms with E-state index < -0.39 is 0 Å². The van der Waals surface area contributed by atoms with Crippen LogP contribution in [0.2, 0.25) is 0 Å². The van der Waals surface area contributed by atoms with Gasteiger partial charge in [0.2, 0.25) is 5.91 Å². The van der Waals surface area contributed by atoms with Gasteiger partial charge in [-0.1, -0.05) is 6.92 Å². The molecule has 0 aromatic heterocycles. The van der Waals surface area contributed by atoms with Crippen molar-refractivity contribution in [3.63, 3.8) is 0 Å². The van der Waals surface area contributed by atoms with Crippen molar-refractivity contribution in [2.75, 3.05) is 20.1 Å². The van der Waals surface area contributed by atoms with Gasteiger partial charge < -0.3 is 10.6 Å². The van der Waals surface area contributed by atoms with Crippen molar-refractivity contribution in [2.24, 2.45) is 29.1 Å². The Bertz CT molecular complexity index is 323. The molecule has 2 N–H and O–H groups in total. The first-order valence-corrected chi connectivity index (χ1v) is 8.02. The lowest BCUT2D eigenvalue weighted by Crippen LogP contribution is -2.51. The van der Waals surface area contributed by atoms with E-state index in [-0.39, 0.29) is 24.2 Å². The van der Waals surface area contributed by atoms with Gasteiger partial charge in [-0.3, -0.25) is 4.79 Å². The van der Waals surface area contributed by atoms with Gasteiger partial charge in [0.25, 0.3) is 0 Å². The van der Waals surface area contributed by atoms with E-state index in [1.807, 2.05) is 14.0 Å². The van der Waals surface area contributed by atoms with Crippen LogP contribution in [0.25, 0.3) is 0 Å². The van der Waals surface area contributed by atoms with E-state index in [4.69, 9.17) is 0 Å². The number of halogens is 1. The summed E-state index contributed by atoms with van der Waals surface area (Å²) in [5, 5.41) is 6.33. The van der Waals surface area contributed by atoms with Crippen molar-refractivity contribution in [2.45, 2.75) is 45.4 Å². The van der Waals surface area contributed by atoms with Crippen LogP contribution in [0.4, 0.5) is 0 Å². The fourth-order valence-corrected chi connectivity index (χ4v) is 5.35. The van der Waals surface area contributed by atoms with Crippen LogP contribution in [-0.2, 0) is 4.79 Å². The first-order valence-electron chi connectivity index (χ1n) is 8.02. The molecule has 0 spiro atoms. The first-order chi connectivity index (χ1) is 9.10. The van der Waals surface area contributed by atoms with Gasteiger partial charge in [0, 0.05) is 19.0 Å². The van der Waals surface area contributed by atoms with Crippen LogP contribution < -0.4 is 10.6 Å². The van der Waals surface area contributed by atoms with Gasteiger partial charge in [-0.15, -0.1) is 12.4 Å². The summed E-state index contributed by atoms with van der Waals surface area (Å²) in [6.07, 6.45) is 8.55. The zero-order valence-corrected chi connectivity index (χ0v) is 13.6. The molecule has 116 valence electrons. The molecule has 0 aromatic carbocycles. The van der Waals surface area contributed by atoms with Crippen molar-refractivity contribution < 1.29 is 4.79 Å². The number of carbonyl (C=O) groups excluding carboxylic acids is 1. The zero-order valence-electron chi connectivity index (χ0n) is 12.8. The lowest BCUT2D eigenvalue weighted by Gasteiger charge is -2.57. The van der Waals surface area contributed by atoms with Crippen molar-refractivity contribution in [3.8, 4) is 0 Å². The van der Waals surface area contributed by atoms with Gasteiger partial charge in [0.15, 0.2) is 0 Å². The normalized spacial score (nSPS) is 39.2. The molecule has 4 aliphatic rings. The van der Waals surface area contributed by atoms with E-state index in [1.54, 1.807) is 0 Å². The molecule has 0 aliphatic heterocycles. The highest BCUT2D eigenvalue weighted by atomic mass is 35.5. The molecule has 4 rings (SSSR count). The Morgan fingerprint density at radius 2 is 1.65 bits per heavy atom. The molecule has 1 amide bonds. The number of hydrogen-bond acceptors (Lipinski definition) is 2. The fourth-order valence-electron chi connectivity index (χ4n) is 5.35. The molecular weight excluding hydrogens is 272 g/mol. The molecule has 4 heteroatoms. The molecule has 1 unspecified atom stereocenters. The van der Waals surface area contributed by atoms with E-state index >= 15 is 0 Å². The van der Waals surface area contributed by atoms with Gasteiger partial charge in [-0.05, 0) is 68.7 Å². The van der Waals surface area contributed by atoms with Crippen molar-refractivity contribution in [1.29, 1.82) is 0 Å². The molecule has 0 radical (unpaired) electrons. The van der Waals surface area contributed by atoms with E-state index in [2.05, 4.69) is 10.6 Å². The molecule has 0 saturated heterocycles. The molecule has 4 saturated carbocycles. The summed E-state index contributed by atoms with van der Waals surface area (Å²) < 4.78 is 0. The molecule has 4 fully saturated rings. The average molecular weight is 301 g/mol. The lowest BCUT2D eigenvalue weighted by atomic mass is 9.49. The van der Waals surface area contributed by atoms with E-state index in [9.17, 15) is 4.79 Å². The summed E-state index contributed by atoms with van der Waals surface area (Å²) in [5.74, 6) is 3.22. The fraction of sp³-hybridized carbons (Fsp3) is 0.938. The minimum Gasteiger partial charge on any atom is -0.355 e. The maximum atomic E-state index is 12.1. The van der Waals surface area contributed by atoms with E-state index in [0.717, 1.165) is 30.8 Å². The van der Waals surface area contributed by atoms with Crippen molar-refractivity contribution in [1.82, 2.24) is 10.6 Å². The smallest absolute Gasteiger partial charge is 0.224 e. The molecule has 1 atom stereocenters. The van der Waals surface area contributed by atoms with Gasteiger partial charge in [-0.25, -0.2) is 0 Å². The predicted molar refractivity (Wildman–Crippen MR) is 84.0 cm³/mol. The zero-order chi connectivity index (χ0) is 13.5. The Labute approximate surface area is 129 Å². The van der Waals surface area contributed by atoms with E-state index in [0.29, 0.717) is 5.41 Å². The molecule has 3 nitrogen and oxygen atoms in total. The Balaban J connectivity index is 0.00000147. The Morgan fingerprint density at radius 3 is 2.10 bits per heavy atom. The number of rotatable bonds is 5. The topological polar surface area (TPSA) is 41.1 Å². The van der Waals surface area contributed by atoms with Crippen LogP contribution in [0.5, 0.6) is 0 Å². The summed E-state index contributed by atoms with van der Waals surface area (Å²) in [5.41, 5.74) is 0.462. The Hall–Kier alpha value is -0.280. The summed E-state index contributed by atoms with van der Waals surface area (Å²) in [6.45, 7) is 3.71. The van der Waals surface area contributed by atoms with Gasteiger partial charge >= 0.3 is 0 Å². The third kappa shape index (κ3) is 3.14. The maximum Gasteiger partial charge on any atom is 0.224 e. The summed E-state index contributed by atoms with van der Waals surface area (Å²) in [4.78, 5) is 12.1. The lowest BCUT2D eigenvalue weighted by molar-refractivity contribution is -0.126. The maximum absolute atomic E-state index is 12.1. The van der Waals surface area contributed by atoms with Crippen LogP contribution in [0.15, 0.2) is 0 Å². The molecule has 4 aliphatic carbocycles. The largest absolute Gasteiger partial charge is 0.355 e. The monoisotopic (exact) mass is 300 g/mol. The van der Waals surface area contributed by atoms with Gasteiger partial charge in [0.05, 0.1) is 0 Å². The molecule has 0 aromatic rings. The second kappa shape index (κ2) is 6.23. The standard InChI is InChI=1S/C16H28N2O.ClH/c1-11(9-17-2)15(19)18-10-16-6-12-3-13(7-16)5-14(4-12)8-16;/h11-14,17H,3-10H2,1-2H3,(H,18,19);1H. The van der Waals surface area contributed by atoms with Crippen LogP contribution in [0.1, 0.15) is 45.4 Å². The Morgan fingerprint density at radius 1 is 1.15 bits per heavy atom. The van der Waals surface area contributed by atoms with Gasteiger partial charge in [-0.2, -0.15) is 0 Å². The number of hydrogen-bond donors (Lipinski definition) is 2. The minimum atomic E-state index is 0. The summed E-state index contributed by atoms with van der Waals surface area (Å²) in [6, 6.07) is 0. The second-order valence-electron chi connectivity index (χ2n) is 7.59. The highest BCUT2D eigenvalue weighted by molar-refractivity contribution is 5.85. The summed E-state index contributed by atoms with van der Waals surface area (Å²) >= 11 is 0. The molecular formula is C16H29ClN2O. The van der Waals surface area contributed by atoms with Crippen LogP contribution >= 0.6 is 12.4 Å². The number of carbonyl (C=O) groups is 1. The summed E-state index contributed by atoms with van der Waals surface area (Å²) in [7, 11) is 1.91. The highest BCUT2D eigenvalue weighted by Gasteiger charge is 2.50. The minimum absolute atomic E-state index is 0. The first kappa shape index (κ1) is 16.1. The van der Waals surface area contributed by atoms with Crippen molar-refractivity contribution in [3.05, 3.63) is 0 Å². The van der Waals surface area contributed by atoms with Crippen LogP contribution in [-0.4, -0.2) is 26.0 Å². The molecule has 0 heterocycles. The number of nitrogens with one attached hydrogen (secondary N) is 2. The molecule has 4 bridgehead atoms. The second-order valence-corrected chi connectivity index (χ2v) is 7.59. The van der Waals surface area contributed by atoms with E-state index in [1.165, 1.54) is 38.5 Å². The highest BCUT2D eigenvalue weighted by Crippen LogP contribution is 2.59. The number of amides is 1. The quantitative estimate of drug-likeness (QED) is 0.819. The Kier molecular flexibility index (Phi) is 5.01. The van der Waals surface area contributed by atoms with Crippen LogP contribution in [0, 0.1) is 29.1 Å². The van der Waals surface area contributed by atoms with Crippen LogP contribution in [0.3, 0.4) is 0 Å². The predicted octanol–water partition coefficient (Wildman–Crippen LogP) is 2.60. The average Bonchev–Trinajstić information content (AvgIpc) is 2.34.